The summed E-state index contributed by atoms with van der Waals surface area (Å²) >= 11 is 3.53. The lowest BCUT2D eigenvalue weighted by Gasteiger charge is -2.26. The fourth-order valence-corrected chi connectivity index (χ4v) is 3.49. The van der Waals surface area contributed by atoms with Gasteiger partial charge in [-0.3, -0.25) is 9.20 Å². The number of aromatic nitrogens is 2. The summed E-state index contributed by atoms with van der Waals surface area (Å²) in [5, 5.41) is 0. The number of amides is 1. The van der Waals surface area contributed by atoms with Crippen molar-refractivity contribution in [3.8, 4) is 0 Å². The minimum absolute atomic E-state index is 0.104. The Morgan fingerprint density at radius 1 is 1.25 bits per heavy atom. The Kier molecular flexibility index (Phi) is 3.54. The Morgan fingerprint density at radius 3 is 2.65 bits per heavy atom. The van der Waals surface area contributed by atoms with Crippen LogP contribution in [0.5, 0.6) is 0 Å². The minimum atomic E-state index is 0.104. The van der Waals surface area contributed by atoms with Gasteiger partial charge in [0.25, 0.3) is 5.91 Å². The number of imidazole rings is 1. The molecule has 0 radical (unpaired) electrons. The lowest BCUT2D eigenvalue weighted by Crippen LogP contribution is -2.36. The summed E-state index contributed by atoms with van der Waals surface area (Å²) in [6, 6.07) is 2.02. The van der Waals surface area contributed by atoms with E-state index in [1.165, 1.54) is 6.42 Å². The molecule has 0 atom stereocenters. The molecule has 0 aromatic carbocycles. The zero-order valence-corrected chi connectivity index (χ0v) is 13.4. The fourth-order valence-electron chi connectivity index (χ4n) is 2.85. The molecule has 5 heteroatoms. The van der Waals surface area contributed by atoms with Gasteiger partial charge in [0.15, 0.2) is 5.65 Å². The smallest absolute Gasteiger partial charge is 0.272 e. The second-order valence-corrected chi connectivity index (χ2v) is 6.31. The fraction of sp³-hybridized carbons (Fsp3) is 0.467. The molecule has 0 bridgehead atoms. The number of halogens is 1. The lowest BCUT2D eigenvalue weighted by molar-refractivity contribution is 0.0716. The standard InChI is InChI=1S/C15H18BrN3O/c1-10-8-12(16)14-17-11(2)13(19(14)9-10)15(20)18-6-4-3-5-7-18/h8-9H,3-7H2,1-2H3. The van der Waals surface area contributed by atoms with Gasteiger partial charge in [-0.1, -0.05) is 0 Å². The Balaban J connectivity index is 2.10. The first kappa shape index (κ1) is 13.6. The summed E-state index contributed by atoms with van der Waals surface area (Å²) in [6.07, 6.45) is 5.41. The molecule has 3 rings (SSSR count). The molecule has 0 spiro atoms. The molecule has 106 valence electrons. The van der Waals surface area contributed by atoms with Crippen molar-refractivity contribution in [3.63, 3.8) is 0 Å². The molecule has 4 nitrogen and oxygen atoms in total. The van der Waals surface area contributed by atoms with Gasteiger partial charge < -0.3 is 4.90 Å². The first-order valence-electron chi connectivity index (χ1n) is 7.02. The van der Waals surface area contributed by atoms with E-state index in [1.54, 1.807) is 0 Å². The van der Waals surface area contributed by atoms with E-state index in [4.69, 9.17) is 0 Å². The molecule has 20 heavy (non-hydrogen) atoms. The molecule has 1 aliphatic rings. The molecule has 2 aromatic rings. The van der Waals surface area contributed by atoms with Crippen molar-refractivity contribution in [3.05, 3.63) is 33.7 Å². The van der Waals surface area contributed by atoms with Crippen molar-refractivity contribution >= 4 is 27.5 Å². The maximum atomic E-state index is 12.8. The Morgan fingerprint density at radius 2 is 1.95 bits per heavy atom. The lowest BCUT2D eigenvalue weighted by atomic mass is 10.1. The summed E-state index contributed by atoms with van der Waals surface area (Å²) < 4.78 is 2.85. The number of piperidine rings is 1. The van der Waals surface area contributed by atoms with Gasteiger partial charge in [0, 0.05) is 19.3 Å². The van der Waals surface area contributed by atoms with Crippen LogP contribution < -0.4 is 0 Å². The number of nitrogens with zero attached hydrogens (tertiary/aromatic N) is 3. The molecule has 0 N–H and O–H groups in total. The average Bonchev–Trinajstić information content (AvgIpc) is 2.76. The largest absolute Gasteiger partial charge is 0.337 e. The highest BCUT2D eigenvalue weighted by atomic mass is 79.9. The van der Waals surface area contributed by atoms with E-state index >= 15 is 0 Å². The van der Waals surface area contributed by atoms with E-state index in [2.05, 4.69) is 20.9 Å². The molecular weight excluding hydrogens is 318 g/mol. The molecule has 0 aliphatic carbocycles. The van der Waals surface area contributed by atoms with Crippen molar-refractivity contribution in [2.75, 3.05) is 13.1 Å². The van der Waals surface area contributed by atoms with Crippen LogP contribution in [0.4, 0.5) is 0 Å². The van der Waals surface area contributed by atoms with E-state index in [9.17, 15) is 4.79 Å². The maximum absolute atomic E-state index is 12.8. The van der Waals surface area contributed by atoms with Crippen molar-refractivity contribution in [2.45, 2.75) is 33.1 Å². The van der Waals surface area contributed by atoms with E-state index in [0.29, 0.717) is 5.69 Å². The maximum Gasteiger partial charge on any atom is 0.272 e. The van der Waals surface area contributed by atoms with E-state index < -0.39 is 0 Å². The van der Waals surface area contributed by atoms with Crippen molar-refractivity contribution < 1.29 is 4.79 Å². The van der Waals surface area contributed by atoms with Gasteiger partial charge in [0.1, 0.15) is 5.69 Å². The first-order valence-corrected chi connectivity index (χ1v) is 7.81. The molecule has 1 fully saturated rings. The van der Waals surface area contributed by atoms with Crippen LogP contribution in [-0.2, 0) is 0 Å². The van der Waals surface area contributed by atoms with Crippen LogP contribution in [0.3, 0.4) is 0 Å². The molecule has 1 saturated heterocycles. The summed E-state index contributed by atoms with van der Waals surface area (Å²) in [7, 11) is 0. The highest BCUT2D eigenvalue weighted by molar-refractivity contribution is 9.10. The van der Waals surface area contributed by atoms with Gasteiger partial charge in [0.2, 0.25) is 0 Å². The quantitative estimate of drug-likeness (QED) is 0.801. The monoisotopic (exact) mass is 335 g/mol. The van der Waals surface area contributed by atoms with Crippen LogP contribution in [0.25, 0.3) is 5.65 Å². The van der Waals surface area contributed by atoms with Crippen LogP contribution in [0, 0.1) is 13.8 Å². The molecule has 3 heterocycles. The third-order valence-electron chi connectivity index (χ3n) is 3.83. The average molecular weight is 336 g/mol. The van der Waals surface area contributed by atoms with Gasteiger partial charge in [-0.2, -0.15) is 0 Å². The minimum Gasteiger partial charge on any atom is -0.337 e. The number of hydrogen-bond acceptors (Lipinski definition) is 2. The number of likely N-dealkylation sites (tertiary alicyclic amines) is 1. The van der Waals surface area contributed by atoms with E-state index in [-0.39, 0.29) is 5.91 Å². The predicted molar refractivity (Wildman–Crippen MR) is 82.1 cm³/mol. The summed E-state index contributed by atoms with van der Waals surface area (Å²) in [5.41, 5.74) is 3.42. The van der Waals surface area contributed by atoms with Crippen molar-refractivity contribution in [2.24, 2.45) is 0 Å². The van der Waals surface area contributed by atoms with Gasteiger partial charge in [-0.15, -0.1) is 0 Å². The SMILES string of the molecule is Cc1cc(Br)c2nc(C)c(C(=O)N3CCCCC3)n2c1. The van der Waals surface area contributed by atoms with Crippen molar-refractivity contribution in [1.82, 2.24) is 14.3 Å². The number of rotatable bonds is 1. The normalized spacial score (nSPS) is 15.8. The number of carbonyl (C=O) groups excluding carboxylic acids is 1. The zero-order valence-electron chi connectivity index (χ0n) is 11.8. The number of hydrogen-bond donors (Lipinski definition) is 0. The molecule has 1 aliphatic heterocycles. The summed E-state index contributed by atoms with van der Waals surface area (Å²) in [4.78, 5) is 19.3. The number of aryl methyl sites for hydroxylation is 2. The highest BCUT2D eigenvalue weighted by Gasteiger charge is 2.24. The van der Waals surface area contributed by atoms with Gasteiger partial charge in [-0.05, 0) is 60.7 Å². The van der Waals surface area contributed by atoms with Crippen LogP contribution in [0.2, 0.25) is 0 Å². The number of fused-ring (bicyclic) bond motifs is 1. The topological polar surface area (TPSA) is 37.6 Å². The molecule has 0 unspecified atom stereocenters. The number of pyridine rings is 1. The van der Waals surface area contributed by atoms with Crippen LogP contribution in [-0.4, -0.2) is 33.3 Å². The Labute approximate surface area is 126 Å². The van der Waals surface area contributed by atoms with E-state index in [0.717, 1.165) is 47.3 Å². The van der Waals surface area contributed by atoms with Crippen LogP contribution >= 0.6 is 15.9 Å². The van der Waals surface area contributed by atoms with Gasteiger partial charge >= 0.3 is 0 Å². The van der Waals surface area contributed by atoms with Crippen molar-refractivity contribution in [1.29, 1.82) is 0 Å². The second-order valence-electron chi connectivity index (χ2n) is 5.46. The Bertz CT molecular complexity index is 671. The number of carbonyl (C=O) groups is 1. The van der Waals surface area contributed by atoms with Gasteiger partial charge in [-0.25, -0.2) is 4.98 Å². The van der Waals surface area contributed by atoms with Crippen LogP contribution in [0.15, 0.2) is 16.7 Å². The zero-order chi connectivity index (χ0) is 14.3. The highest BCUT2D eigenvalue weighted by Crippen LogP contribution is 2.24. The predicted octanol–water partition coefficient (Wildman–Crippen LogP) is 3.34. The second kappa shape index (κ2) is 5.20. The molecule has 2 aromatic heterocycles. The molecule has 1 amide bonds. The third-order valence-corrected chi connectivity index (χ3v) is 4.42. The van der Waals surface area contributed by atoms with Gasteiger partial charge in [0.05, 0.1) is 10.2 Å². The third kappa shape index (κ3) is 2.24. The Hall–Kier alpha value is -1.36. The van der Waals surface area contributed by atoms with Crippen LogP contribution in [0.1, 0.15) is 41.0 Å². The first-order chi connectivity index (χ1) is 9.58. The summed E-state index contributed by atoms with van der Waals surface area (Å²) in [6.45, 7) is 5.65. The summed E-state index contributed by atoms with van der Waals surface area (Å²) in [5.74, 6) is 0.104. The molecular formula is C15H18BrN3O. The van der Waals surface area contributed by atoms with E-state index in [1.807, 2.05) is 35.4 Å². The molecule has 0 saturated carbocycles.